The van der Waals surface area contributed by atoms with E-state index in [9.17, 15) is 9.90 Å². The summed E-state index contributed by atoms with van der Waals surface area (Å²) in [6.07, 6.45) is 0.933. The van der Waals surface area contributed by atoms with E-state index in [-0.39, 0.29) is 6.04 Å². The number of carboxylic acid groups (broad SMARTS) is 1. The zero-order valence-corrected chi connectivity index (χ0v) is 10.3. The van der Waals surface area contributed by atoms with E-state index < -0.39 is 11.7 Å². The number of likely N-dealkylation sites (N-methyl/N-ethyl adjacent to an activating group) is 1. The van der Waals surface area contributed by atoms with Crippen molar-refractivity contribution in [2.24, 2.45) is 0 Å². The van der Waals surface area contributed by atoms with Gasteiger partial charge in [0.1, 0.15) is 0 Å². The van der Waals surface area contributed by atoms with E-state index in [4.69, 9.17) is 5.11 Å². The van der Waals surface area contributed by atoms with E-state index >= 15 is 0 Å². The predicted molar refractivity (Wildman–Crippen MR) is 61.5 cm³/mol. The molecule has 0 aromatic rings. The number of carbonyl (C=O) groups is 1. The third kappa shape index (κ3) is 3.09. The van der Waals surface area contributed by atoms with Crippen molar-refractivity contribution in [1.29, 1.82) is 0 Å². The molecule has 2 atom stereocenters. The van der Waals surface area contributed by atoms with Crippen LogP contribution in [0.2, 0.25) is 0 Å². The number of likely N-dealkylation sites (tertiary alicyclic amines) is 1. The van der Waals surface area contributed by atoms with Gasteiger partial charge in [-0.25, -0.2) is 4.79 Å². The van der Waals surface area contributed by atoms with Crippen LogP contribution in [-0.2, 0) is 0 Å². The second-order valence-corrected chi connectivity index (χ2v) is 4.95. The highest BCUT2D eigenvalue weighted by Gasteiger charge is 2.39. The highest BCUT2D eigenvalue weighted by atomic mass is 16.4. The van der Waals surface area contributed by atoms with Gasteiger partial charge in [0.25, 0.3) is 0 Å². The molecule has 5 nitrogen and oxygen atoms in total. The Morgan fingerprint density at radius 3 is 2.62 bits per heavy atom. The Morgan fingerprint density at radius 1 is 1.56 bits per heavy atom. The summed E-state index contributed by atoms with van der Waals surface area (Å²) >= 11 is 0. The fourth-order valence-corrected chi connectivity index (χ4v) is 2.51. The summed E-state index contributed by atoms with van der Waals surface area (Å²) in [7, 11) is 3.84. The normalized spacial score (nSPS) is 30.8. The molecule has 1 aliphatic heterocycles. The van der Waals surface area contributed by atoms with Gasteiger partial charge in [-0.1, -0.05) is 6.92 Å². The third-order valence-electron chi connectivity index (χ3n) is 3.20. The average Bonchev–Trinajstić information content (AvgIpc) is 2.15. The Morgan fingerprint density at radius 2 is 2.19 bits per heavy atom. The zero-order chi connectivity index (χ0) is 12.3. The molecule has 0 radical (unpaired) electrons. The van der Waals surface area contributed by atoms with Crippen molar-refractivity contribution >= 4 is 6.09 Å². The van der Waals surface area contributed by atoms with Crippen LogP contribution in [0, 0.1) is 0 Å². The smallest absolute Gasteiger partial charge is 0.407 e. The topological polar surface area (TPSA) is 64.0 Å². The van der Waals surface area contributed by atoms with E-state index in [0.29, 0.717) is 25.9 Å². The van der Waals surface area contributed by atoms with Crippen LogP contribution in [0.15, 0.2) is 0 Å². The molecule has 1 rings (SSSR count). The molecule has 0 aliphatic carbocycles. The Hall–Kier alpha value is -0.810. The summed E-state index contributed by atoms with van der Waals surface area (Å²) in [5.41, 5.74) is -0.740. The number of hydrogen-bond donors (Lipinski definition) is 2. The van der Waals surface area contributed by atoms with Crippen molar-refractivity contribution in [3.63, 3.8) is 0 Å². The molecule has 2 N–H and O–H groups in total. The molecule has 2 unspecified atom stereocenters. The van der Waals surface area contributed by atoms with Crippen LogP contribution in [0.3, 0.4) is 0 Å². The number of nitrogens with zero attached hydrogens (tertiary/aromatic N) is 2. The van der Waals surface area contributed by atoms with Crippen LogP contribution in [0.5, 0.6) is 0 Å². The van der Waals surface area contributed by atoms with E-state index in [1.54, 1.807) is 0 Å². The van der Waals surface area contributed by atoms with Gasteiger partial charge in [0.2, 0.25) is 0 Å². The minimum Gasteiger partial charge on any atom is -0.465 e. The maximum atomic E-state index is 11.0. The lowest BCUT2D eigenvalue weighted by Gasteiger charge is -2.43. The highest BCUT2D eigenvalue weighted by molar-refractivity contribution is 5.65. The highest BCUT2D eigenvalue weighted by Crippen LogP contribution is 2.29. The summed E-state index contributed by atoms with van der Waals surface area (Å²) in [6.45, 7) is 2.98. The quantitative estimate of drug-likeness (QED) is 0.754. The van der Waals surface area contributed by atoms with Gasteiger partial charge in [-0.05, 0) is 33.4 Å². The fraction of sp³-hybridized carbons (Fsp3) is 0.909. The minimum atomic E-state index is -0.876. The van der Waals surface area contributed by atoms with Crippen LogP contribution in [0.25, 0.3) is 0 Å². The summed E-state index contributed by atoms with van der Waals surface area (Å²) in [5, 5.41) is 19.4. The van der Waals surface area contributed by atoms with Gasteiger partial charge in [0.05, 0.1) is 5.60 Å². The molecule has 1 heterocycles. The number of piperidine rings is 1. The van der Waals surface area contributed by atoms with Crippen LogP contribution < -0.4 is 0 Å². The van der Waals surface area contributed by atoms with Gasteiger partial charge in [-0.3, -0.25) is 0 Å². The van der Waals surface area contributed by atoms with Crippen LogP contribution in [-0.4, -0.2) is 64.9 Å². The Bertz CT molecular complexity index is 258. The van der Waals surface area contributed by atoms with Crippen molar-refractivity contribution < 1.29 is 15.0 Å². The van der Waals surface area contributed by atoms with E-state index in [2.05, 4.69) is 0 Å². The largest absolute Gasteiger partial charge is 0.465 e. The van der Waals surface area contributed by atoms with Crippen molar-refractivity contribution in [3.05, 3.63) is 0 Å². The van der Waals surface area contributed by atoms with Gasteiger partial charge in [0.15, 0.2) is 0 Å². The molecule has 94 valence electrons. The van der Waals surface area contributed by atoms with Gasteiger partial charge < -0.3 is 20.0 Å². The standard InChI is InChI=1S/C11H22N2O3/c1-4-9-7-11(16,8-12(2)3)5-6-13(9)10(14)15/h9,16H,4-8H2,1-3H3,(H,14,15). The lowest BCUT2D eigenvalue weighted by atomic mass is 9.85. The second kappa shape index (κ2) is 5.01. The van der Waals surface area contributed by atoms with E-state index in [0.717, 1.165) is 6.42 Å². The van der Waals surface area contributed by atoms with Crippen molar-refractivity contribution in [1.82, 2.24) is 9.80 Å². The maximum Gasteiger partial charge on any atom is 0.407 e. The molecule has 5 heteroatoms. The van der Waals surface area contributed by atoms with E-state index in [1.807, 2.05) is 25.9 Å². The van der Waals surface area contributed by atoms with Crippen molar-refractivity contribution in [2.45, 2.75) is 37.8 Å². The second-order valence-electron chi connectivity index (χ2n) is 4.95. The molecule has 0 bridgehead atoms. The number of aliphatic hydroxyl groups is 1. The third-order valence-corrected chi connectivity index (χ3v) is 3.20. The first-order valence-electron chi connectivity index (χ1n) is 5.74. The SMILES string of the molecule is CCC1CC(O)(CN(C)C)CCN1C(=O)O. The predicted octanol–water partition coefficient (Wildman–Crippen LogP) is 0.832. The molecule has 1 aliphatic rings. The maximum absolute atomic E-state index is 11.0. The molecule has 1 fully saturated rings. The summed E-state index contributed by atoms with van der Waals surface area (Å²) in [4.78, 5) is 14.4. The van der Waals surface area contributed by atoms with E-state index in [1.165, 1.54) is 4.90 Å². The van der Waals surface area contributed by atoms with Gasteiger partial charge in [-0.15, -0.1) is 0 Å². The lowest BCUT2D eigenvalue weighted by molar-refractivity contribution is -0.0542. The molecule has 0 aromatic carbocycles. The summed E-state index contributed by atoms with van der Waals surface area (Å²) in [6, 6.07) is -0.0591. The average molecular weight is 230 g/mol. The van der Waals surface area contributed by atoms with Crippen LogP contribution >= 0.6 is 0 Å². The zero-order valence-electron chi connectivity index (χ0n) is 10.3. The molecule has 1 saturated heterocycles. The lowest BCUT2D eigenvalue weighted by Crippen LogP contribution is -2.55. The molecular formula is C11H22N2O3. The van der Waals surface area contributed by atoms with Crippen LogP contribution in [0.1, 0.15) is 26.2 Å². The molecular weight excluding hydrogens is 208 g/mol. The molecule has 1 amide bonds. The number of amides is 1. The molecule has 0 aromatic heterocycles. The molecule has 0 saturated carbocycles. The first kappa shape index (κ1) is 13.3. The van der Waals surface area contributed by atoms with Crippen LogP contribution in [0.4, 0.5) is 4.79 Å². The summed E-state index contributed by atoms with van der Waals surface area (Å²) < 4.78 is 0. The van der Waals surface area contributed by atoms with Crippen molar-refractivity contribution in [3.8, 4) is 0 Å². The fourth-order valence-electron chi connectivity index (χ4n) is 2.51. The first-order valence-corrected chi connectivity index (χ1v) is 5.74. The Labute approximate surface area is 96.7 Å². The molecule has 16 heavy (non-hydrogen) atoms. The Balaban J connectivity index is 2.67. The van der Waals surface area contributed by atoms with Gasteiger partial charge >= 0.3 is 6.09 Å². The summed E-state index contributed by atoms with van der Waals surface area (Å²) in [5.74, 6) is 0. The van der Waals surface area contributed by atoms with Gasteiger partial charge in [0, 0.05) is 19.1 Å². The molecule has 0 spiro atoms. The first-order chi connectivity index (χ1) is 7.38. The number of rotatable bonds is 3. The number of hydrogen-bond acceptors (Lipinski definition) is 3. The monoisotopic (exact) mass is 230 g/mol. The Kier molecular flexibility index (Phi) is 4.15. The van der Waals surface area contributed by atoms with Gasteiger partial charge in [-0.2, -0.15) is 0 Å². The van der Waals surface area contributed by atoms with Crippen molar-refractivity contribution in [2.75, 3.05) is 27.2 Å². The minimum absolute atomic E-state index is 0.0591.